The molecule has 0 bridgehead atoms. The lowest BCUT2D eigenvalue weighted by Gasteiger charge is -2.25. The molecule has 0 aliphatic rings. The van der Waals surface area contributed by atoms with Crippen LogP contribution < -0.4 is 0 Å². The summed E-state index contributed by atoms with van der Waals surface area (Å²) in [6.07, 6.45) is 2.05. The van der Waals surface area contributed by atoms with Crippen LogP contribution in [0.5, 0.6) is 0 Å². The van der Waals surface area contributed by atoms with Gasteiger partial charge in [-0.3, -0.25) is 0 Å². The van der Waals surface area contributed by atoms with Gasteiger partial charge in [-0.2, -0.15) is 75.8 Å². The van der Waals surface area contributed by atoms with Gasteiger partial charge >= 0.3 is 0 Å². The zero-order chi connectivity index (χ0) is 15.4. The fraction of sp³-hybridized carbons (Fsp3) is 1.00. The number of thiol groups is 6. The van der Waals surface area contributed by atoms with Crippen molar-refractivity contribution in [2.24, 2.45) is 0 Å². The van der Waals surface area contributed by atoms with Crippen LogP contribution in [0.2, 0.25) is 0 Å². The van der Waals surface area contributed by atoms with Gasteiger partial charge in [0, 0.05) is 30.8 Å². The average Bonchev–Trinajstić information content (AvgIpc) is 2.39. The SMILES string of the molecule is SCSC(CC(S)C(S)CC(SCS)SCS)SCS. The fourth-order valence-electron chi connectivity index (χ4n) is 1.41. The maximum absolute atomic E-state index is 4.75. The molecule has 0 heterocycles. The van der Waals surface area contributed by atoms with E-state index < -0.39 is 0 Å². The maximum Gasteiger partial charge on any atom is 0.0529 e. The van der Waals surface area contributed by atoms with Crippen LogP contribution in [0.25, 0.3) is 0 Å². The van der Waals surface area contributed by atoms with Gasteiger partial charge in [0.2, 0.25) is 0 Å². The molecule has 0 aliphatic heterocycles. The molecule has 2 atom stereocenters. The molecule has 0 aromatic heterocycles. The van der Waals surface area contributed by atoms with Crippen molar-refractivity contribution in [3.05, 3.63) is 0 Å². The first kappa shape index (κ1) is 23.5. The quantitative estimate of drug-likeness (QED) is 0.158. The predicted molar refractivity (Wildman–Crippen MR) is 128 cm³/mol. The first-order valence-electron chi connectivity index (χ1n) is 5.85. The second kappa shape index (κ2) is 16.0. The van der Waals surface area contributed by atoms with Crippen LogP contribution in [-0.4, -0.2) is 40.0 Å². The third-order valence-corrected chi connectivity index (χ3v) is 10.0. The van der Waals surface area contributed by atoms with E-state index in [1.165, 1.54) is 0 Å². The number of hydrogen-bond donors (Lipinski definition) is 6. The molecule has 0 fully saturated rings. The first-order chi connectivity index (χ1) is 9.58. The third kappa shape index (κ3) is 11.9. The Morgan fingerprint density at radius 2 is 0.800 bits per heavy atom. The van der Waals surface area contributed by atoms with E-state index in [0.29, 0.717) is 9.16 Å². The molecule has 0 aromatic rings. The Morgan fingerprint density at radius 1 is 0.550 bits per heavy atom. The Labute approximate surface area is 173 Å². The van der Waals surface area contributed by atoms with Crippen molar-refractivity contribution in [3.63, 3.8) is 0 Å². The summed E-state index contributed by atoms with van der Waals surface area (Å²) >= 11 is 34.1. The largest absolute Gasteiger partial charge is 0.175 e. The van der Waals surface area contributed by atoms with Crippen LogP contribution in [0.3, 0.4) is 0 Å². The average molecular weight is 463 g/mol. The summed E-state index contributed by atoms with van der Waals surface area (Å²) < 4.78 is 0.992. The highest BCUT2D eigenvalue weighted by molar-refractivity contribution is 8.23. The molecule has 0 radical (unpaired) electrons. The summed E-state index contributed by atoms with van der Waals surface area (Å²) in [4.78, 5) is 0. The van der Waals surface area contributed by atoms with Crippen LogP contribution >= 0.6 is 123 Å². The van der Waals surface area contributed by atoms with E-state index in [-0.39, 0.29) is 10.5 Å². The highest BCUT2D eigenvalue weighted by Crippen LogP contribution is 2.36. The Kier molecular flexibility index (Phi) is 18.8. The molecule has 0 nitrogen and oxygen atoms in total. The summed E-state index contributed by atoms with van der Waals surface area (Å²) in [5, 5.41) is 3.89. The van der Waals surface area contributed by atoms with Crippen molar-refractivity contribution in [2.45, 2.75) is 32.5 Å². The van der Waals surface area contributed by atoms with E-state index in [1.54, 1.807) is 0 Å². The van der Waals surface area contributed by atoms with Gasteiger partial charge in [-0.1, -0.05) is 0 Å². The second-order valence-corrected chi connectivity index (χ2v) is 13.3. The molecular weight excluding hydrogens is 441 g/mol. The van der Waals surface area contributed by atoms with Gasteiger partial charge in [0.25, 0.3) is 0 Å². The lowest BCUT2D eigenvalue weighted by atomic mass is 10.2. The van der Waals surface area contributed by atoms with E-state index in [0.717, 1.165) is 33.2 Å². The van der Waals surface area contributed by atoms with Crippen molar-refractivity contribution in [2.75, 3.05) is 20.3 Å². The highest BCUT2D eigenvalue weighted by atomic mass is 32.2. The number of thioether (sulfide) groups is 4. The van der Waals surface area contributed by atoms with E-state index in [9.17, 15) is 0 Å². The van der Waals surface area contributed by atoms with Gasteiger partial charge in [-0.05, 0) is 12.8 Å². The van der Waals surface area contributed by atoms with Crippen molar-refractivity contribution in [3.8, 4) is 0 Å². The Bertz CT molecular complexity index is 182. The van der Waals surface area contributed by atoms with Crippen LogP contribution in [0.4, 0.5) is 0 Å². The van der Waals surface area contributed by atoms with Crippen LogP contribution in [-0.2, 0) is 0 Å². The summed E-state index contributed by atoms with van der Waals surface area (Å²) in [5.74, 6) is 0. The van der Waals surface area contributed by atoms with Crippen molar-refractivity contribution in [1.82, 2.24) is 0 Å². The Morgan fingerprint density at radius 3 is 1.00 bits per heavy atom. The molecule has 0 spiro atoms. The minimum atomic E-state index is 0.284. The first-order valence-corrected chi connectivity index (χ1v) is 13.6. The number of hydrogen-bond acceptors (Lipinski definition) is 10. The highest BCUT2D eigenvalue weighted by Gasteiger charge is 2.23. The van der Waals surface area contributed by atoms with Gasteiger partial charge in [-0.15, -0.1) is 47.0 Å². The normalized spacial score (nSPS) is 15.0. The van der Waals surface area contributed by atoms with E-state index >= 15 is 0 Å². The van der Waals surface area contributed by atoms with Crippen molar-refractivity contribution < 1.29 is 0 Å². The Hall–Kier alpha value is 3.50. The third-order valence-electron chi connectivity index (χ3n) is 2.35. The molecule has 122 valence electrons. The second-order valence-electron chi connectivity index (χ2n) is 3.65. The van der Waals surface area contributed by atoms with Crippen molar-refractivity contribution >= 4 is 123 Å². The van der Waals surface area contributed by atoms with E-state index in [2.05, 4.69) is 50.5 Å². The summed E-state index contributed by atoms with van der Waals surface area (Å²) in [6.45, 7) is 0. The molecular formula is C10H22S10. The Balaban J connectivity index is 4.24. The molecule has 0 aliphatic carbocycles. The maximum atomic E-state index is 4.75. The molecule has 20 heavy (non-hydrogen) atoms. The van der Waals surface area contributed by atoms with Gasteiger partial charge in [0.1, 0.15) is 0 Å². The van der Waals surface area contributed by atoms with Crippen LogP contribution in [0, 0.1) is 0 Å². The smallest absolute Gasteiger partial charge is 0.0529 e. The fourth-order valence-corrected chi connectivity index (χ4v) is 9.64. The van der Waals surface area contributed by atoms with Gasteiger partial charge in [0.15, 0.2) is 0 Å². The van der Waals surface area contributed by atoms with Crippen molar-refractivity contribution in [1.29, 1.82) is 0 Å². The van der Waals surface area contributed by atoms with E-state index in [4.69, 9.17) is 25.3 Å². The molecule has 10 heteroatoms. The zero-order valence-electron chi connectivity index (χ0n) is 10.9. The van der Waals surface area contributed by atoms with Crippen LogP contribution in [0.15, 0.2) is 0 Å². The van der Waals surface area contributed by atoms with Gasteiger partial charge < -0.3 is 0 Å². The monoisotopic (exact) mass is 462 g/mol. The van der Waals surface area contributed by atoms with Crippen LogP contribution in [0.1, 0.15) is 12.8 Å². The lowest BCUT2D eigenvalue weighted by Crippen LogP contribution is -2.22. The zero-order valence-corrected chi connectivity index (χ0v) is 19.5. The lowest BCUT2D eigenvalue weighted by molar-refractivity contribution is 0.735. The standard InChI is InChI=1S/C10H22S10/c11-3-17-9(18-4-12)1-7(15)8(16)2-10(19-5-13)20-6-14/h7-16H,1-6H2. The summed E-state index contributed by atoms with van der Waals surface area (Å²) in [5.41, 5.74) is 0. The topological polar surface area (TPSA) is 0 Å². The molecule has 2 unspecified atom stereocenters. The molecule has 0 saturated heterocycles. The predicted octanol–water partition coefficient (Wildman–Crippen LogP) is 5.50. The minimum absolute atomic E-state index is 0.284. The molecule has 0 rings (SSSR count). The van der Waals surface area contributed by atoms with Gasteiger partial charge in [0.05, 0.1) is 9.16 Å². The molecule has 0 N–H and O–H groups in total. The molecule has 0 amide bonds. The number of rotatable bonds is 13. The summed E-state index contributed by atoms with van der Waals surface area (Å²) in [7, 11) is 0. The molecule has 0 saturated carbocycles. The van der Waals surface area contributed by atoms with E-state index in [1.807, 2.05) is 47.0 Å². The van der Waals surface area contributed by atoms with Gasteiger partial charge in [-0.25, -0.2) is 0 Å². The summed E-state index contributed by atoms with van der Waals surface area (Å²) in [6, 6.07) is 0. The molecule has 0 aromatic carbocycles. The minimum Gasteiger partial charge on any atom is -0.175 e.